The van der Waals surface area contributed by atoms with E-state index in [0.717, 1.165) is 35.5 Å². The van der Waals surface area contributed by atoms with Crippen LogP contribution in [0.15, 0.2) is 54.7 Å². The summed E-state index contributed by atoms with van der Waals surface area (Å²) >= 11 is 6.19. The maximum atomic E-state index is 6.19. The Labute approximate surface area is 128 Å². The summed E-state index contributed by atoms with van der Waals surface area (Å²) in [6, 6.07) is 15.7. The lowest BCUT2D eigenvalue weighted by molar-refractivity contribution is 1.05. The normalized spacial score (nSPS) is 10.5. The molecule has 0 aliphatic rings. The van der Waals surface area contributed by atoms with E-state index in [2.05, 4.69) is 20.6 Å². The van der Waals surface area contributed by atoms with Crippen LogP contribution in [0.2, 0.25) is 5.15 Å². The molecule has 0 fully saturated rings. The third-order valence-corrected chi connectivity index (χ3v) is 3.38. The van der Waals surface area contributed by atoms with Gasteiger partial charge in [-0.15, -0.1) is 0 Å². The SMILES string of the molecule is Clc1nc(NCCNc2ccccn2)cc2ccccc12. The van der Waals surface area contributed by atoms with Crippen molar-refractivity contribution in [2.24, 2.45) is 0 Å². The number of nitrogens with zero attached hydrogens (tertiary/aromatic N) is 2. The monoisotopic (exact) mass is 298 g/mol. The van der Waals surface area contributed by atoms with Crippen molar-refractivity contribution in [1.29, 1.82) is 0 Å². The van der Waals surface area contributed by atoms with Gasteiger partial charge in [0.1, 0.15) is 16.8 Å². The van der Waals surface area contributed by atoms with Crippen molar-refractivity contribution in [3.05, 3.63) is 59.9 Å². The molecule has 0 spiro atoms. The maximum Gasteiger partial charge on any atom is 0.139 e. The van der Waals surface area contributed by atoms with Crippen molar-refractivity contribution < 1.29 is 0 Å². The molecule has 2 aromatic heterocycles. The zero-order valence-corrected chi connectivity index (χ0v) is 12.1. The molecular weight excluding hydrogens is 284 g/mol. The van der Waals surface area contributed by atoms with Gasteiger partial charge in [-0.3, -0.25) is 0 Å². The van der Waals surface area contributed by atoms with Gasteiger partial charge >= 0.3 is 0 Å². The largest absolute Gasteiger partial charge is 0.368 e. The highest BCUT2D eigenvalue weighted by Crippen LogP contribution is 2.24. The second kappa shape index (κ2) is 6.41. The van der Waals surface area contributed by atoms with Gasteiger partial charge in [-0.05, 0) is 23.6 Å². The first-order valence-corrected chi connectivity index (χ1v) is 7.15. The van der Waals surface area contributed by atoms with E-state index < -0.39 is 0 Å². The van der Waals surface area contributed by atoms with Gasteiger partial charge in [0.15, 0.2) is 0 Å². The van der Waals surface area contributed by atoms with Crippen LogP contribution in [0.25, 0.3) is 10.8 Å². The Balaban J connectivity index is 1.60. The Morgan fingerprint density at radius 1 is 0.905 bits per heavy atom. The summed E-state index contributed by atoms with van der Waals surface area (Å²) < 4.78 is 0. The van der Waals surface area contributed by atoms with Crippen molar-refractivity contribution >= 4 is 34.0 Å². The second-order valence-electron chi connectivity index (χ2n) is 4.59. The van der Waals surface area contributed by atoms with Crippen LogP contribution in [0, 0.1) is 0 Å². The van der Waals surface area contributed by atoms with Crippen molar-refractivity contribution in [2.45, 2.75) is 0 Å². The molecule has 0 unspecified atom stereocenters. The minimum atomic E-state index is 0.522. The third-order valence-electron chi connectivity index (χ3n) is 3.10. The molecule has 0 amide bonds. The van der Waals surface area contributed by atoms with Gasteiger partial charge in [0.2, 0.25) is 0 Å². The van der Waals surface area contributed by atoms with Gasteiger partial charge in [0.05, 0.1) is 0 Å². The van der Waals surface area contributed by atoms with E-state index in [1.807, 2.05) is 48.5 Å². The van der Waals surface area contributed by atoms with Crippen LogP contribution >= 0.6 is 11.6 Å². The van der Waals surface area contributed by atoms with E-state index in [1.165, 1.54) is 0 Å². The number of benzene rings is 1. The van der Waals surface area contributed by atoms with Crippen LogP contribution in [0.4, 0.5) is 11.6 Å². The summed E-state index contributed by atoms with van der Waals surface area (Å²) in [6.07, 6.45) is 1.76. The molecule has 5 heteroatoms. The van der Waals surface area contributed by atoms with Crippen molar-refractivity contribution in [3.8, 4) is 0 Å². The van der Waals surface area contributed by atoms with Gasteiger partial charge in [-0.1, -0.05) is 41.9 Å². The van der Waals surface area contributed by atoms with Crippen LogP contribution in [0.3, 0.4) is 0 Å². The van der Waals surface area contributed by atoms with E-state index in [0.29, 0.717) is 5.15 Å². The molecule has 106 valence electrons. The van der Waals surface area contributed by atoms with E-state index >= 15 is 0 Å². The summed E-state index contributed by atoms with van der Waals surface area (Å²) in [5.41, 5.74) is 0. The topological polar surface area (TPSA) is 49.8 Å². The van der Waals surface area contributed by atoms with E-state index in [9.17, 15) is 0 Å². The fourth-order valence-corrected chi connectivity index (χ4v) is 2.36. The molecule has 0 saturated carbocycles. The van der Waals surface area contributed by atoms with Gasteiger partial charge in [0.25, 0.3) is 0 Å². The molecular formula is C16H15ClN4. The van der Waals surface area contributed by atoms with Gasteiger partial charge in [0, 0.05) is 24.7 Å². The van der Waals surface area contributed by atoms with Crippen molar-refractivity contribution in [1.82, 2.24) is 9.97 Å². The zero-order chi connectivity index (χ0) is 14.5. The Morgan fingerprint density at radius 2 is 1.67 bits per heavy atom. The summed E-state index contributed by atoms with van der Waals surface area (Å²) in [5, 5.41) is 9.07. The molecule has 4 nitrogen and oxygen atoms in total. The number of hydrogen-bond donors (Lipinski definition) is 2. The molecule has 0 aliphatic heterocycles. The first kappa shape index (κ1) is 13.6. The third kappa shape index (κ3) is 3.41. The number of halogens is 1. The molecule has 3 aromatic rings. The number of nitrogens with one attached hydrogen (secondary N) is 2. The van der Waals surface area contributed by atoms with Crippen molar-refractivity contribution in [3.63, 3.8) is 0 Å². The van der Waals surface area contributed by atoms with E-state index in [1.54, 1.807) is 6.20 Å². The minimum absolute atomic E-state index is 0.522. The molecule has 0 saturated heterocycles. The predicted octanol–water partition coefficient (Wildman–Crippen LogP) is 3.81. The Hall–Kier alpha value is -2.33. The van der Waals surface area contributed by atoms with E-state index in [-0.39, 0.29) is 0 Å². The number of hydrogen-bond acceptors (Lipinski definition) is 4. The number of aromatic nitrogens is 2. The maximum absolute atomic E-state index is 6.19. The van der Waals surface area contributed by atoms with Gasteiger partial charge in [-0.25, -0.2) is 9.97 Å². The first-order chi connectivity index (χ1) is 10.3. The van der Waals surface area contributed by atoms with Crippen LogP contribution in [0.1, 0.15) is 0 Å². The Kier molecular flexibility index (Phi) is 4.17. The van der Waals surface area contributed by atoms with Crippen LogP contribution in [-0.4, -0.2) is 23.1 Å². The average Bonchev–Trinajstić information content (AvgIpc) is 2.53. The zero-order valence-electron chi connectivity index (χ0n) is 11.4. The lowest BCUT2D eigenvalue weighted by atomic mass is 10.2. The lowest BCUT2D eigenvalue weighted by Gasteiger charge is -2.09. The predicted molar refractivity (Wildman–Crippen MR) is 88.0 cm³/mol. The van der Waals surface area contributed by atoms with Crippen molar-refractivity contribution in [2.75, 3.05) is 23.7 Å². The van der Waals surface area contributed by atoms with E-state index in [4.69, 9.17) is 11.6 Å². The average molecular weight is 299 g/mol. The lowest BCUT2D eigenvalue weighted by Crippen LogP contribution is -2.14. The Morgan fingerprint density at radius 3 is 2.48 bits per heavy atom. The standard InChI is InChI=1S/C16H15ClN4/c17-16-13-6-2-1-5-12(13)11-15(21-16)20-10-9-19-14-7-3-4-8-18-14/h1-8,11H,9-10H2,(H,18,19)(H,20,21). The number of anilines is 2. The summed E-state index contributed by atoms with van der Waals surface area (Å²) in [5.74, 6) is 1.64. The quantitative estimate of drug-likeness (QED) is 0.555. The van der Waals surface area contributed by atoms with Crippen LogP contribution < -0.4 is 10.6 Å². The molecule has 1 aromatic carbocycles. The highest BCUT2D eigenvalue weighted by molar-refractivity contribution is 6.34. The fraction of sp³-hybridized carbons (Fsp3) is 0.125. The highest BCUT2D eigenvalue weighted by atomic mass is 35.5. The molecule has 0 aliphatic carbocycles. The first-order valence-electron chi connectivity index (χ1n) is 6.77. The molecule has 0 bridgehead atoms. The fourth-order valence-electron chi connectivity index (χ4n) is 2.10. The summed E-state index contributed by atoms with van der Waals surface area (Å²) in [6.45, 7) is 1.49. The summed E-state index contributed by atoms with van der Waals surface area (Å²) in [7, 11) is 0. The second-order valence-corrected chi connectivity index (χ2v) is 4.95. The van der Waals surface area contributed by atoms with Gasteiger partial charge in [-0.2, -0.15) is 0 Å². The molecule has 2 N–H and O–H groups in total. The van der Waals surface area contributed by atoms with Crippen LogP contribution in [-0.2, 0) is 0 Å². The molecule has 2 heterocycles. The highest BCUT2D eigenvalue weighted by Gasteiger charge is 2.03. The number of rotatable bonds is 5. The molecule has 3 rings (SSSR count). The minimum Gasteiger partial charge on any atom is -0.368 e. The Bertz CT molecular complexity index is 731. The smallest absolute Gasteiger partial charge is 0.139 e. The molecule has 21 heavy (non-hydrogen) atoms. The molecule has 0 radical (unpaired) electrons. The van der Waals surface area contributed by atoms with Gasteiger partial charge < -0.3 is 10.6 Å². The number of fused-ring (bicyclic) bond motifs is 1. The summed E-state index contributed by atoms with van der Waals surface area (Å²) in [4.78, 5) is 8.56. The number of pyridine rings is 2. The molecule has 0 atom stereocenters. The van der Waals surface area contributed by atoms with Crippen LogP contribution in [0.5, 0.6) is 0 Å².